The summed E-state index contributed by atoms with van der Waals surface area (Å²) in [5.74, 6) is 1.09. The summed E-state index contributed by atoms with van der Waals surface area (Å²) >= 11 is 0. The molecule has 0 radical (unpaired) electrons. The number of amides is 1. The summed E-state index contributed by atoms with van der Waals surface area (Å²) in [4.78, 5) is 29.9. The van der Waals surface area contributed by atoms with E-state index in [-0.39, 0.29) is 17.6 Å². The first-order valence-corrected chi connectivity index (χ1v) is 10.6. The molecule has 166 valence electrons. The third-order valence-corrected chi connectivity index (χ3v) is 5.93. The first-order chi connectivity index (χ1) is 16.0. The zero-order chi connectivity index (χ0) is 22.9. The highest BCUT2D eigenvalue weighted by Gasteiger charge is 2.34. The maximum atomic E-state index is 13.1. The lowest BCUT2D eigenvalue weighted by molar-refractivity contribution is -0.384. The molecule has 0 unspecified atom stereocenters. The van der Waals surface area contributed by atoms with Crippen molar-refractivity contribution in [1.29, 1.82) is 0 Å². The highest BCUT2D eigenvalue weighted by Crippen LogP contribution is 2.35. The standard InChI is InChI=1S/C25H21N3O5/c1-32-20-5-2-4-17(14-20)18-9-12-23-21(15-18)26-24(33-23)22-6-3-13-27(22)25(29)16-7-10-19(11-8-16)28(30)31/h2,4-5,7-12,14-15,22H,3,6,13H2,1H3/t22-/m1/s1. The molecule has 1 aliphatic rings. The van der Waals surface area contributed by atoms with E-state index in [1.807, 2.05) is 42.5 Å². The van der Waals surface area contributed by atoms with Gasteiger partial charge in [0.2, 0.25) is 5.89 Å². The number of aromatic nitrogens is 1. The van der Waals surface area contributed by atoms with Gasteiger partial charge in [-0.1, -0.05) is 18.2 Å². The van der Waals surface area contributed by atoms with Gasteiger partial charge in [-0.25, -0.2) is 4.98 Å². The van der Waals surface area contributed by atoms with Crippen LogP contribution in [0.4, 0.5) is 5.69 Å². The maximum absolute atomic E-state index is 13.1. The maximum Gasteiger partial charge on any atom is 0.269 e. The number of carbonyl (C=O) groups is 1. The van der Waals surface area contributed by atoms with Crippen molar-refractivity contribution in [3.05, 3.63) is 88.3 Å². The van der Waals surface area contributed by atoms with Crippen LogP contribution in [0, 0.1) is 10.1 Å². The Bertz CT molecular complexity index is 1350. The lowest BCUT2D eigenvalue weighted by atomic mass is 10.1. The first kappa shape index (κ1) is 20.7. The van der Waals surface area contributed by atoms with Crippen molar-refractivity contribution in [2.75, 3.05) is 13.7 Å². The second-order valence-corrected chi connectivity index (χ2v) is 7.93. The number of nitro groups is 1. The Kier molecular flexibility index (Phi) is 5.26. The van der Waals surface area contributed by atoms with E-state index in [4.69, 9.17) is 14.1 Å². The van der Waals surface area contributed by atoms with Gasteiger partial charge in [-0.15, -0.1) is 0 Å². The van der Waals surface area contributed by atoms with Crippen molar-refractivity contribution >= 4 is 22.7 Å². The molecular formula is C25H21N3O5. The number of nitrogens with zero attached hydrogens (tertiary/aromatic N) is 3. The Hall–Kier alpha value is -4.20. The number of oxazole rings is 1. The minimum Gasteiger partial charge on any atom is -0.497 e. The molecule has 2 heterocycles. The quantitative estimate of drug-likeness (QED) is 0.303. The normalized spacial score (nSPS) is 15.7. The summed E-state index contributed by atoms with van der Waals surface area (Å²) in [7, 11) is 1.64. The number of hydrogen-bond donors (Lipinski definition) is 0. The highest BCUT2D eigenvalue weighted by atomic mass is 16.6. The van der Waals surface area contributed by atoms with E-state index in [0.29, 0.717) is 23.6 Å². The van der Waals surface area contributed by atoms with Crippen LogP contribution in [0.15, 0.2) is 71.1 Å². The minimum atomic E-state index is -0.481. The van der Waals surface area contributed by atoms with Gasteiger partial charge in [0.05, 0.1) is 12.0 Å². The molecule has 5 rings (SSSR count). The number of rotatable bonds is 5. The molecule has 1 fully saturated rings. The highest BCUT2D eigenvalue weighted by molar-refractivity contribution is 5.95. The summed E-state index contributed by atoms with van der Waals surface area (Å²) in [6.07, 6.45) is 1.57. The molecule has 8 heteroatoms. The lowest BCUT2D eigenvalue weighted by Crippen LogP contribution is -2.30. The predicted molar refractivity (Wildman–Crippen MR) is 122 cm³/mol. The number of hydrogen-bond acceptors (Lipinski definition) is 6. The molecule has 1 saturated heterocycles. The zero-order valence-corrected chi connectivity index (χ0v) is 17.9. The largest absolute Gasteiger partial charge is 0.497 e. The van der Waals surface area contributed by atoms with Gasteiger partial charge in [0.25, 0.3) is 11.6 Å². The molecule has 0 bridgehead atoms. The van der Waals surface area contributed by atoms with E-state index >= 15 is 0 Å². The third-order valence-electron chi connectivity index (χ3n) is 5.93. The average molecular weight is 443 g/mol. The molecule has 33 heavy (non-hydrogen) atoms. The van der Waals surface area contributed by atoms with Crippen LogP contribution in [0.3, 0.4) is 0 Å². The van der Waals surface area contributed by atoms with Gasteiger partial charge in [-0.05, 0) is 60.4 Å². The van der Waals surface area contributed by atoms with E-state index < -0.39 is 4.92 Å². The molecule has 0 aliphatic carbocycles. The van der Waals surface area contributed by atoms with Crippen LogP contribution in [0.25, 0.3) is 22.2 Å². The molecule has 8 nitrogen and oxygen atoms in total. The summed E-state index contributed by atoms with van der Waals surface area (Å²) < 4.78 is 11.4. The number of non-ortho nitro benzene ring substituents is 1. The Morgan fingerprint density at radius 3 is 2.67 bits per heavy atom. The van der Waals surface area contributed by atoms with Crippen LogP contribution in [0.2, 0.25) is 0 Å². The average Bonchev–Trinajstić information content (AvgIpc) is 3.50. The Labute approximate surface area is 189 Å². The molecule has 1 amide bonds. The van der Waals surface area contributed by atoms with E-state index in [1.165, 1.54) is 24.3 Å². The van der Waals surface area contributed by atoms with Gasteiger partial charge < -0.3 is 14.1 Å². The SMILES string of the molecule is COc1cccc(-c2ccc3oc([C@H]4CCCN4C(=O)c4ccc([N+](=O)[O-])cc4)nc3c2)c1. The monoisotopic (exact) mass is 443 g/mol. The second-order valence-electron chi connectivity index (χ2n) is 7.93. The third kappa shape index (κ3) is 3.91. The van der Waals surface area contributed by atoms with Crippen molar-refractivity contribution in [3.63, 3.8) is 0 Å². The van der Waals surface area contributed by atoms with E-state index in [9.17, 15) is 14.9 Å². The van der Waals surface area contributed by atoms with Crippen molar-refractivity contribution in [2.24, 2.45) is 0 Å². The molecule has 1 aromatic heterocycles. The fourth-order valence-corrected chi connectivity index (χ4v) is 4.23. The summed E-state index contributed by atoms with van der Waals surface area (Å²) in [6.45, 7) is 0.578. The van der Waals surface area contributed by atoms with Gasteiger partial charge >= 0.3 is 0 Å². The molecule has 4 aromatic rings. The predicted octanol–water partition coefficient (Wildman–Crippen LogP) is 5.39. The van der Waals surface area contributed by atoms with E-state index in [1.54, 1.807) is 12.0 Å². The van der Waals surface area contributed by atoms with Crippen LogP contribution in [0.5, 0.6) is 5.75 Å². The van der Waals surface area contributed by atoms with Crippen molar-refractivity contribution in [2.45, 2.75) is 18.9 Å². The Balaban J connectivity index is 1.42. The number of methoxy groups -OCH3 is 1. The van der Waals surface area contributed by atoms with Gasteiger partial charge in [-0.2, -0.15) is 0 Å². The van der Waals surface area contributed by atoms with Gasteiger partial charge in [0.15, 0.2) is 5.58 Å². The fourth-order valence-electron chi connectivity index (χ4n) is 4.23. The van der Waals surface area contributed by atoms with Crippen molar-refractivity contribution in [1.82, 2.24) is 9.88 Å². The molecule has 0 N–H and O–H groups in total. The molecule has 3 aromatic carbocycles. The Morgan fingerprint density at radius 1 is 1.12 bits per heavy atom. The molecule has 1 aliphatic heterocycles. The van der Waals surface area contributed by atoms with E-state index in [2.05, 4.69) is 0 Å². The second kappa shape index (κ2) is 8.38. The summed E-state index contributed by atoms with van der Waals surface area (Å²) in [5, 5.41) is 10.9. The van der Waals surface area contributed by atoms with Crippen molar-refractivity contribution in [3.8, 4) is 16.9 Å². The molecule has 0 saturated carbocycles. The van der Waals surface area contributed by atoms with Crippen LogP contribution in [-0.4, -0.2) is 34.4 Å². The van der Waals surface area contributed by atoms with E-state index in [0.717, 1.165) is 35.2 Å². The summed E-state index contributed by atoms with van der Waals surface area (Å²) in [6, 6.07) is 19.0. The number of ether oxygens (including phenoxy) is 1. The van der Waals surface area contributed by atoms with Crippen molar-refractivity contribution < 1.29 is 18.9 Å². The number of nitro benzene ring substituents is 1. The first-order valence-electron chi connectivity index (χ1n) is 10.6. The molecular weight excluding hydrogens is 422 g/mol. The lowest BCUT2D eigenvalue weighted by Gasteiger charge is -2.22. The Morgan fingerprint density at radius 2 is 1.91 bits per heavy atom. The molecule has 0 spiro atoms. The van der Waals surface area contributed by atoms with Gasteiger partial charge in [0.1, 0.15) is 17.3 Å². The topological polar surface area (TPSA) is 98.7 Å². The van der Waals surface area contributed by atoms with Crippen LogP contribution in [0.1, 0.15) is 35.1 Å². The summed E-state index contributed by atoms with van der Waals surface area (Å²) in [5.41, 5.74) is 3.74. The van der Waals surface area contributed by atoms with Gasteiger partial charge in [-0.3, -0.25) is 14.9 Å². The van der Waals surface area contributed by atoms with Crippen LogP contribution < -0.4 is 4.74 Å². The smallest absolute Gasteiger partial charge is 0.269 e. The molecule has 1 atom stereocenters. The zero-order valence-electron chi connectivity index (χ0n) is 17.9. The van der Waals surface area contributed by atoms with Gasteiger partial charge in [0, 0.05) is 24.2 Å². The number of carbonyl (C=O) groups excluding carboxylic acids is 1. The minimum absolute atomic E-state index is 0.0460. The fraction of sp³-hybridized carbons (Fsp3) is 0.200. The number of likely N-dealkylation sites (tertiary alicyclic amines) is 1. The van der Waals surface area contributed by atoms with Crippen LogP contribution >= 0.6 is 0 Å². The number of benzene rings is 3. The number of fused-ring (bicyclic) bond motifs is 1. The van der Waals surface area contributed by atoms with Crippen LogP contribution in [-0.2, 0) is 0 Å².